The molecule has 14 heavy (non-hydrogen) atoms. The summed E-state index contributed by atoms with van der Waals surface area (Å²) >= 11 is 5.62. The zero-order valence-corrected chi connectivity index (χ0v) is 9.33. The van der Waals surface area contributed by atoms with Crippen LogP contribution in [0.15, 0.2) is 12.4 Å². The predicted molar refractivity (Wildman–Crippen MR) is 57.8 cm³/mol. The van der Waals surface area contributed by atoms with Gasteiger partial charge in [-0.2, -0.15) is 0 Å². The lowest BCUT2D eigenvalue weighted by atomic mass is 10.3. The molecule has 0 aliphatic carbocycles. The fourth-order valence-corrected chi connectivity index (χ4v) is 1.53. The molecule has 0 aliphatic rings. The van der Waals surface area contributed by atoms with Crippen molar-refractivity contribution in [3.63, 3.8) is 0 Å². The van der Waals surface area contributed by atoms with E-state index >= 15 is 0 Å². The summed E-state index contributed by atoms with van der Waals surface area (Å²) in [6, 6.07) is 0. The van der Waals surface area contributed by atoms with E-state index in [4.69, 9.17) is 16.3 Å². The Morgan fingerprint density at radius 2 is 2.36 bits per heavy atom. The van der Waals surface area contributed by atoms with E-state index in [0.29, 0.717) is 0 Å². The molecule has 0 aromatic carbocycles. The lowest BCUT2D eigenvalue weighted by Gasteiger charge is -2.06. The number of unbranched alkanes of at least 4 members (excludes halogenated alkanes) is 1. The second-order valence-corrected chi connectivity index (χ2v) is 3.55. The van der Waals surface area contributed by atoms with E-state index in [0.717, 1.165) is 44.1 Å². The molecule has 1 aromatic rings. The van der Waals surface area contributed by atoms with Crippen LogP contribution in [0.2, 0.25) is 0 Å². The Balaban J connectivity index is 2.37. The highest BCUT2D eigenvalue weighted by Gasteiger charge is 2.01. The predicted octanol–water partition coefficient (Wildman–Crippen LogP) is 2.09. The maximum atomic E-state index is 5.62. The number of ether oxygens (including phenoxy) is 1. The van der Waals surface area contributed by atoms with Crippen LogP contribution in [0.4, 0.5) is 0 Å². The molecule has 0 unspecified atom stereocenters. The van der Waals surface area contributed by atoms with Crippen molar-refractivity contribution in [1.82, 2.24) is 9.55 Å². The molecule has 1 aromatic heterocycles. The zero-order chi connectivity index (χ0) is 10.2. The van der Waals surface area contributed by atoms with Gasteiger partial charge < -0.3 is 9.30 Å². The molecule has 1 heterocycles. The number of halogens is 1. The third kappa shape index (κ3) is 3.68. The molecule has 0 N–H and O–H groups in total. The van der Waals surface area contributed by atoms with Crippen molar-refractivity contribution in [3.8, 4) is 0 Å². The Hall–Kier alpha value is -0.540. The topological polar surface area (TPSA) is 27.1 Å². The van der Waals surface area contributed by atoms with Gasteiger partial charge in [0.05, 0.1) is 6.61 Å². The smallest absolute Gasteiger partial charge is 0.110 e. The van der Waals surface area contributed by atoms with Gasteiger partial charge in [-0.1, -0.05) is 0 Å². The largest absolute Gasteiger partial charge is 0.384 e. The fourth-order valence-electron chi connectivity index (χ4n) is 1.34. The molecule has 0 radical (unpaired) electrons. The molecule has 4 heteroatoms. The Bertz CT molecular complexity index is 250. The van der Waals surface area contributed by atoms with Crippen molar-refractivity contribution < 1.29 is 4.74 Å². The van der Waals surface area contributed by atoms with Crippen LogP contribution in [0.25, 0.3) is 0 Å². The number of rotatable bonds is 7. The average molecular weight is 217 g/mol. The molecule has 0 aliphatic heterocycles. The van der Waals surface area contributed by atoms with Crippen molar-refractivity contribution in [2.45, 2.75) is 25.8 Å². The van der Waals surface area contributed by atoms with Gasteiger partial charge in [0.15, 0.2) is 0 Å². The second-order valence-electron chi connectivity index (χ2n) is 3.18. The fraction of sp³-hybridized carbons (Fsp3) is 0.700. The Kier molecular flexibility index (Phi) is 5.64. The Morgan fingerprint density at radius 3 is 3.07 bits per heavy atom. The monoisotopic (exact) mass is 216 g/mol. The highest BCUT2D eigenvalue weighted by Crippen LogP contribution is 2.03. The lowest BCUT2D eigenvalue weighted by Crippen LogP contribution is -2.06. The van der Waals surface area contributed by atoms with Crippen LogP contribution in [-0.2, 0) is 17.7 Å². The maximum Gasteiger partial charge on any atom is 0.110 e. The van der Waals surface area contributed by atoms with Gasteiger partial charge in [0, 0.05) is 38.3 Å². The van der Waals surface area contributed by atoms with Gasteiger partial charge in [-0.3, -0.25) is 0 Å². The summed E-state index contributed by atoms with van der Waals surface area (Å²) in [6.45, 7) is 1.73. The molecular weight excluding hydrogens is 200 g/mol. The van der Waals surface area contributed by atoms with Gasteiger partial charge in [0.1, 0.15) is 5.82 Å². The number of aromatic nitrogens is 2. The van der Waals surface area contributed by atoms with Crippen LogP contribution in [0.3, 0.4) is 0 Å². The molecular formula is C10H17ClN2O. The van der Waals surface area contributed by atoms with Crippen LogP contribution in [0.1, 0.15) is 18.7 Å². The van der Waals surface area contributed by atoms with E-state index in [9.17, 15) is 0 Å². The summed E-state index contributed by atoms with van der Waals surface area (Å²) < 4.78 is 7.19. The standard InChI is InChI=1S/C10H17ClN2O/c1-14-9-4-10-12-6-8-13(10)7-3-2-5-11/h6,8H,2-5,7,9H2,1H3. The molecule has 0 bridgehead atoms. The third-order valence-electron chi connectivity index (χ3n) is 2.11. The van der Waals surface area contributed by atoms with Crippen molar-refractivity contribution in [2.75, 3.05) is 19.6 Å². The molecule has 0 saturated carbocycles. The van der Waals surface area contributed by atoms with Crippen LogP contribution in [0.5, 0.6) is 0 Å². The van der Waals surface area contributed by atoms with Gasteiger partial charge in [-0.05, 0) is 12.8 Å². The number of methoxy groups -OCH3 is 1. The summed E-state index contributed by atoms with van der Waals surface area (Å²) in [5.74, 6) is 1.84. The number of imidazole rings is 1. The quantitative estimate of drug-likeness (QED) is 0.516. The van der Waals surface area contributed by atoms with Crippen LogP contribution < -0.4 is 0 Å². The van der Waals surface area contributed by atoms with Gasteiger partial charge in [-0.15, -0.1) is 11.6 Å². The van der Waals surface area contributed by atoms with Gasteiger partial charge in [0.25, 0.3) is 0 Å². The minimum Gasteiger partial charge on any atom is -0.384 e. The Labute approximate surface area is 90.0 Å². The summed E-state index contributed by atoms with van der Waals surface area (Å²) in [5, 5.41) is 0. The molecule has 0 amide bonds. The highest BCUT2D eigenvalue weighted by atomic mass is 35.5. The van der Waals surface area contributed by atoms with Gasteiger partial charge in [-0.25, -0.2) is 4.98 Å². The normalized spacial score (nSPS) is 10.7. The SMILES string of the molecule is COCCc1nccn1CCCCCl. The van der Waals surface area contributed by atoms with Crippen LogP contribution in [-0.4, -0.2) is 29.1 Å². The van der Waals surface area contributed by atoms with Crippen molar-refractivity contribution in [2.24, 2.45) is 0 Å². The molecule has 0 fully saturated rings. The molecule has 1 rings (SSSR count). The summed E-state index contributed by atoms with van der Waals surface area (Å²) in [7, 11) is 1.71. The summed E-state index contributed by atoms with van der Waals surface area (Å²) in [6.07, 6.45) is 6.90. The Morgan fingerprint density at radius 1 is 1.50 bits per heavy atom. The third-order valence-corrected chi connectivity index (χ3v) is 2.38. The van der Waals surface area contributed by atoms with E-state index in [1.54, 1.807) is 7.11 Å². The maximum absolute atomic E-state index is 5.62. The van der Waals surface area contributed by atoms with Crippen LogP contribution in [0, 0.1) is 0 Å². The first-order chi connectivity index (χ1) is 6.88. The van der Waals surface area contributed by atoms with E-state index < -0.39 is 0 Å². The molecule has 0 atom stereocenters. The highest BCUT2D eigenvalue weighted by molar-refractivity contribution is 6.17. The number of hydrogen-bond acceptors (Lipinski definition) is 2. The number of alkyl halides is 1. The number of aryl methyl sites for hydroxylation is 1. The van der Waals surface area contributed by atoms with Crippen LogP contribution >= 0.6 is 11.6 Å². The van der Waals surface area contributed by atoms with Crippen molar-refractivity contribution in [1.29, 1.82) is 0 Å². The van der Waals surface area contributed by atoms with E-state index in [2.05, 4.69) is 9.55 Å². The van der Waals surface area contributed by atoms with Crippen molar-refractivity contribution in [3.05, 3.63) is 18.2 Å². The molecule has 0 saturated heterocycles. The number of hydrogen-bond donors (Lipinski definition) is 0. The molecule has 3 nitrogen and oxygen atoms in total. The van der Waals surface area contributed by atoms with Gasteiger partial charge in [0.2, 0.25) is 0 Å². The number of nitrogens with zero attached hydrogens (tertiary/aromatic N) is 2. The first-order valence-electron chi connectivity index (χ1n) is 4.93. The molecule has 80 valence electrons. The second kappa shape index (κ2) is 6.85. The minimum atomic E-state index is 0.729. The van der Waals surface area contributed by atoms with E-state index in [-0.39, 0.29) is 0 Å². The average Bonchev–Trinajstić information content (AvgIpc) is 2.63. The van der Waals surface area contributed by atoms with E-state index in [1.165, 1.54) is 0 Å². The zero-order valence-electron chi connectivity index (χ0n) is 8.58. The lowest BCUT2D eigenvalue weighted by molar-refractivity contribution is 0.199. The van der Waals surface area contributed by atoms with Gasteiger partial charge >= 0.3 is 0 Å². The first-order valence-corrected chi connectivity index (χ1v) is 5.47. The first kappa shape index (κ1) is 11.5. The summed E-state index contributed by atoms with van der Waals surface area (Å²) in [5.41, 5.74) is 0. The minimum absolute atomic E-state index is 0.729. The summed E-state index contributed by atoms with van der Waals surface area (Å²) in [4.78, 5) is 4.28. The van der Waals surface area contributed by atoms with E-state index in [1.807, 2.05) is 12.4 Å². The molecule has 0 spiro atoms. The van der Waals surface area contributed by atoms with Crippen molar-refractivity contribution >= 4 is 11.6 Å².